The number of carbonyl (C=O) groups excluding carboxylic acids is 1. The second-order valence-electron chi connectivity index (χ2n) is 4.33. The Balaban J connectivity index is 1.84. The number of pyridine rings is 1. The van der Waals surface area contributed by atoms with Gasteiger partial charge in [0.15, 0.2) is 6.61 Å². The second-order valence-corrected chi connectivity index (χ2v) is 4.33. The van der Waals surface area contributed by atoms with Crippen molar-refractivity contribution >= 4 is 5.97 Å². The lowest BCUT2D eigenvalue weighted by molar-refractivity contribution is -0.154. The molecule has 0 unspecified atom stereocenters. The molecule has 0 aromatic carbocycles. The molecule has 0 N–H and O–H groups in total. The van der Waals surface area contributed by atoms with Crippen molar-refractivity contribution in [3.8, 4) is 5.88 Å². The minimum Gasteiger partial charge on any atom is -0.468 e. The van der Waals surface area contributed by atoms with Gasteiger partial charge in [-0.3, -0.25) is 0 Å². The van der Waals surface area contributed by atoms with Crippen LogP contribution in [0.1, 0.15) is 23.2 Å². The van der Waals surface area contributed by atoms with Crippen molar-refractivity contribution in [1.82, 2.24) is 4.98 Å². The summed E-state index contributed by atoms with van der Waals surface area (Å²) < 4.78 is 45.1. The Hall–Kier alpha value is -1.79. The van der Waals surface area contributed by atoms with E-state index in [1.54, 1.807) is 0 Å². The maximum Gasteiger partial charge on any atom is 0.422 e. The van der Waals surface area contributed by atoms with Gasteiger partial charge in [0, 0.05) is 12.3 Å². The molecule has 0 atom stereocenters. The quantitative estimate of drug-likeness (QED) is 0.775. The number of esters is 1. The molecule has 1 aliphatic carbocycles. The van der Waals surface area contributed by atoms with Crippen LogP contribution in [-0.2, 0) is 4.74 Å². The topological polar surface area (TPSA) is 48.4 Å². The third-order valence-corrected chi connectivity index (χ3v) is 2.50. The summed E-state index contributed by atoms with van der Waals surface area (Å²) in [6.45, 7) is -1.03. The van der Waals surface area contributed by atoms with Crippen molar-refractivity contribution in [2.75, 3.05) is 13.2 Å². The molecule has 0 aliphatic heterocycles. The van der Waals surface area contributed by atoms with Gasteiger partial charge in [-0.05, 0) is 24.8 Å². The van der Waals surface area contributed by atoms with E-state index in [0.717, 1.165) is 19.0 Å². The van der Waals surface area contributed by atoms with Gasteiger partial charge in [-0.15, -0.1) is 0 Å². The summed E-state index contributed by atoms with van der Waals surface area (Å²) in [5.41, 5.74) is 0.194. The zero-order valence-electron chi connectivity index (χ0n) is 9.94. The van der Waals surface area contributed by atoms with Crippen LogP contribution in [0.4, 0.5) is 13.2 Å². The van der Waals surface area contributed by atoms with Crippen LogP contribution in [0.3, 0.4) is 0 Å². The number of hydrogen-bond acceptors (Lipinski definition) is 4. The lowest BCUT2D eigenvalue weighted by atomic mass is 10.3. The van der Waals surface area contributed by atoms with Gasteiger partial charge in [0.25, 0.3) is 0 Å². The second kappa shape index (κ2) is 5.46. The van der Waals surface area contributed by atoms with Crippen molar-refractivity contribution in [2.24, 2.45) is 5.92 Å². The first-order valence-corrected chi connectivity index (χ1v) is 5.77. The predicted octanol–water partition coefficient (Wildman–Crippen LogP) is 2.59. The Morgan fingerprint density at radius 1 is 1.37 bits per heavy atom. The molecule has 4 nitrogen and oxygen atoms in total. The molecule has 7 heteroatoms. The van der Waals surface area contributed by atoms with Crippen LogP contribution in [0.5, 0.6) is 5.88 Å². The molecule has 2 rings (SSSR count). The fraction of sp³-hybridized carbons (Fsp3) is 0.500. The largest absolute Gasteiger partial charge is 0.468 e. The molecule has 1 aromatic rings. The fourth-order valence-corrected chi connectivity index (χ4v) is 1.30. The van der Waals surface area contributed by atoms with Crippen LogP contribution in [0.2, 0.25) is 0 Å². The summed E-state index contributed by atoms with van der Waals surface area (Å²) in [7, 11) is 0. The number of alkyl halides is 3. The molecule has 1 fully saturated rings. The van der Waals surface area contributed by atoms with Crippen LogP contribution in [0.15, 0.2) is 18.3 Å². The molecule has 0 bridgehead atoms. The van der Waals surface area contributed by atoms with Gasteiger partial charge < -0.3 is 9.47 Å². The van der Waals surface area contributed by atoms with Crippen LogP contribution >= 0.6 is 0 Å². The molecule has 1 aromatic heterocycles. The van der Waals surface area contributed by atoms with Gasteiger partial charge in [-0.1, -0.05) is 0 Å². The van der Waals surface area contributed by atoms with Gasteiger partial charge in [0.1, 0.15) is 0 Å². The van der Waals surface area contributed by atoms with E-state index in [1.165, 1.54) is 12.1 Å². The Bertz CT molecular complexity index is 441. The SMILES string of the molecule is O=C(OCC1CC1)c1ccc(OCC(F)(F)F)nc1. The Morgan fingerprint density at radius 2 is 2.11 bits per heavy atom. The number of ether oxygens (including phenoxy) is 2. The van der Waals surface area contributed by atoms with E-state index in [1.807, 2.05) is 0 Å². The summed E-state index contributed by atoms with van der Waals surface area (Å²) in [4.78, 5) is 15.1. The highest BCUT2D eigenvalue weighted by Gasteiger charge is 2.28. The lowest BCUT2D eigenvalue weighted by Crippen LogP contribution is -2.19. The maximum absolute atomic E-state index is 11.9. The van der Waals surface area contributed by atoms with E-state index in [4.69, 9.17) is 4.74 Å². The highest BCUT2D eigenvalue weighted by Crippen LogP contribution is 2.29. The van der Waals surface area contributed by atoms with Crippen LogP contribution in [-0.4, -0.2) is 30.3 Å². The first-order chi connectivity index (χ1) is 8.94. The molecule has 104 valence electrons. The van der Waals surface area contributed by atoms with E-state index in [-0.39, 0.29) is 11.4 Å². The number of carbonyl (C=O) groups is 1. The zero-order chi connectivity index (χ0) is 13.9. The van der Waals surface area contributed by atoms with E-state index >= 15 is 0 Å². The average molecular weight is 275 g/mol. The summed E-state index contributed by atoms with van der Waals surface area (Å²) in [5.74, 6) is -0.260. The van der Waals surface area contributed by atoms with Crippen LogP contribution in [0.25, 0.3) is 0 Å². The molecule has 0 radical (unpaired) electrons. The highest BCUT2D eigenvalue weighted by atomic mass is 19.4. The van der Waals surface area contributed by atoms with Gasteiger partial charge in [-0.2, -0.15) is 13.2 Å². The molecule has 1 heterocycles. The van der Waals surface area contributed by atoms with Gasteiger partial charge in [-0.25, -0.2) is 9.78 Å². The first kappa shape index (κ1) is 13.6. The van der Waals surface area contributed by atoms with Gasteiger partial charge >= 0.3 is 12.1 Å². The standard InChI is InChI=1S/C12H12F3NO3/c13-12(14,15)7-19-10-4-3-9(5-16-10)11(17)18-6-8-1-2-8/h3-5,8H,1-2,6-7H2. The van der Waals surface area contributed by atoms with E-state index < -0.39 is 18.8 Å². The van der Waals surface area contributed by atoms with Crippen molar-refractivity contribution in [2.45, 2.75) is 19.0 Å². The third-order valence-electron chi connectivity index (χ3n) is 2.50. The molecule has 0 saturated heterocycles. The summed E-state index contributed by atoms with van der Waals surface area (Å²) >= 11 is 0. The zero-order valence-corrected chi connectivity index (χ0v) is 9.94. The number of nitrogens with zero attached hydrogens (tertiary/aromatic N) is 1. The predicted molar refractivity (Wildman–Crippen MR) is 58.8 cm³/mol. The van der Waals surface area contributed by atoms with Crippen molar-refractivity contribution in [1.29, 1.82) is 0 Å². The summed E-state index contributed by atoms with van der Waals surface area (Å²) in [5, 5.41) is 0. The molecule has 0 amide bonds. The van der Waals surface area contributed by atoms with E-state index in [9.17, 15) is 18.0 Å². The fourth-order valence-electron chi connectivity index (χ4n) is 1.30. The summed E-state index contributed by atoms with van der Waals surface area (Å²) in [6, 6.07) is 2.54. The first-order valence-electron chi connectivity index (χ1n) is 5.77. The normalized spacial score (nSPS) is 15.1. The number of aromatic nitrogens is 1. The minimum atomic E-state index is -4.41. The van der Waals surface area contributed by atoms with Gasteiger partial charge in [0.2, 0.25) is 5.88 Å². The van der Waals surface area contributed by atoms with Crippen molar-refractivity contribution < 1.29 is 27.4 Å². The average Bonchev–Trinajstić information content (AvgIpc) is 3.17. The molecule has 19 heavy (non-hydrogen) atoms. The number of rotatable bonds is 5. The molecular formula is C12H12F3NO3. The Morgan fingerprint density at radius 3 is 2.63 bits per heavy atom. The third kappa shape index (κ3) is 4.76. The van der Waals surface area contributed by atoms with Crippen LogP contribution in [0, 0.1) is 5.92 Å². The van der Waals surface area contributed by atoms with Crippen molar-refractivity contribution in [3.05, 3.63) is 23.9 Å². The van der Waals surface area contributed by atoms with E-state index in [0.29, 0.717) is 12.5 Å². The number of halogens is 3. The Labute approximate surface area is 107 Å². The monoisotopic (exact) mass is 275 g/mol. The Kier molecular flexibility index (Phi) is 3.92. The molecule has 1 saturated carbocycles. The molecular weight excluding hydrogens is 263 g/mol. The number of hydrogen-bond donors (Lipinski definition) is 0. The van der Waals surface area contributed by atoms with Crippen LogP contribution < -0.4 is 4.74 Å². The molecule has 1 aliphatic rings. The van der Waals surface area contributed by atoms with Crippen molar-refractivity contribution in [3.63, 3.8) is 0 Å². The maximum atomic E-state index is 11.9. The van der Waals surface area contributed by atoms with E-state index in [2.05, 4.69) is 9.72 Å². The smallest absolute Gasteiger partial charge is 0.422 e. The minimum absolute atomic E-state index is 0.184. The highest BCUT2D eigenvalue weighted by molar-refractivity contribution is 5.89. The van der Waals surface area contributed by atoms with Gasteiger partial charge in [0.05, 0.1) is 12.2 Å². The molecule has 0 spiro atoms. The summed E-state index contributed by atoms with van der Waals surface area (Å²) in [6.07, 6.45) is -1.14. The lowest BCUT2D eigenvalue weighted by Gasteiger charge is -2.08.